The Balaban J connectivity index is 2.12. The molecule has 0 atom stereocenters. The van der Waals surface area contributed by atoms with Gasteiger partial charge < -0.3 is 14.8 Å². The van der Waals surface area contributed by atoms with Crippen LogP contribution in [0.1, 0.15) is 42.5 Å². The quantitative estimate of drug-likeness (QED) is 0.694. The molecule has 1 aromatic rings. The Morgan fingerprint density at radius 3 is 2.53 bits per heavy atom. The van der Waals surface area contributed by atoms with Crippen LogP contribution in [0.5, 0.6) is 0 Å². The fourth-order valence-corrected chi connectivity index (χ4v) is 1.55. The molecule has 1 heterocycles. The van der Waals surface area contributed by atoms with Crippen molar-refractivity contribution in [1.82, 2.24) is 5.32 Å². The summed E-state index contributed by atoms with van der Waals surface area (Å²) in [7, 11) is 0. The second-order valence-electron chi connectivity index (χ2n) is 4.16. The molecule has 0 aromatic carbocycles. The smallest absolute Gasteiger partial charge is 0.335 e. The molecule has 0 radical (unpaired) electrons. The summed E-state index contributed by atoms with van der Waals surface area (Å²) in [5.74, 6) is -1.06. The predicted molar refractivity (Wildman–Crippen MR) is 68.0 cm³/mol. The maximum Gasteiger partial charge on any atom is 0.335 e. The number of rotatable bonds is 8. The second kappa shape index (κ2) is 8.07. The first-order chi connectivity index (χ1) is 9.09. The summed E-state index contributed by atoms with van der Waals surface area (Å²) in [6, 6.07) is 2.61. The molecule has 6 heteroatoms. The summed E-state index contributed by atoms with van der Waals surface area (Å²) in [5.41, 5.74) is -0.180. The molecule has 0 spiro atoms. The van der Waals surface area contributed by atoms with Gasteiger partial charge in [0.15, 0.2) is 0 Å². The van der Waals surface area contributed by atoms with Crippen LogP contribution in [0.2, 0.25) is 0 Å². The van der Waals surface area contributed by atoms with Crippen molar-refractivity contribution in [2.75, 3.05) is 6.54 Å². The van der Waals surface area contributed by atoms with Gasteiger partial charge in [0.2, 0.25) is 0 Å². The number of carbonyl (C=O) groups is 2. The highest BCUT2D eigenvalue weighted by Gasteiger charge is 2.05. The molecule has 1 aromatic heterocycles. The van der Waals surface area contributed by atoms with Crippen molar-refractivity contribution in [3.8, 4) is 0 Å². The summed E-state index contributed by atoms with van der Waals surface area (Å²) in [6.07, 6.45) is 4.48. The van der Waals surface area contributed by atoms with Crippen molar-refractivity contribution < 1.29 is 19.1 Å². The molecule has 1 rings (SSSR count). The van der Waals surface area contributed by atoms with E-state index in [4.69, 9.17) is 5.11 Å². The van der Waals surface area contributed by atoms with Gasteiger partial charge in [0.1, 0.15) is 6.26 Å². The average molecular weight is 267 g/mol. The summed E-state index contributed by atoms with van der Waals surface area (Å²) in [4.78, 5) is 32.6. The van der Waals surface area contributed by atoms with E-state index < -0.39 is 11.6 Å². The van der Waals surface area contributed by atoms with E-state index in [9.17, 15) is 14.4 Å². The van der Waals surface area contributed by atoms with Gasteiger partial charge in [-0.3, -0.25) is 9.59 Å². The van der Waals surface area contributed by atoms with Gasteiger partial charge in [-0.05, 0) is 18.9 Å². The van der Waals surface area contributed by atoms with E-state index in [0.29, 0.717) is 18.5 Å². The molecule has 6 nitrogen and oxygen atoms in total. The number of carbonyl (C=O) groups excluding carboxylic acids is 1. The molecule has 0 aliphatic heterocycles. The zero-order valence-corrected chi connectivity index (χ0v) is 10.6. The van der Waals surface area contributed by atoms with Crippen LogP contribution >= 0.6 is 0 Å². The molecule has 0 fully saturated rings. The van der Waals surface area contributed by atoms with Crippen molar-refractivity contribution >= 4 is 11.9 Å². The maximum absolute atomic E-state index is 11.6. The van der Waals surface area contributed by atoms with Crippen LogP contribution in [-0.2, 0) is 4.79 Å². The van der Waals surface area contributed by atoms with Crippen LogP contribution in [0.3, 0.4) is 0 Å². The van der Waals surface area contributed by atoms with Gasteiger partial charge >= 0.3 is 11.6 Å². The summed E-state index contributed by atoms with van der Waals surface area (Å²) < 4.78 is 4.59. The van der Waals surface area contributed by atoms with Crippen LogP contribution in [0, 0.1) is 0 Å². The number of aliphatic carboxylic acids is 1. The maximum atomic E-state index is 11.6. The SMILES string of the molecule is O=C(O)CCCCCCNC(=O)c1ccc(=O)oc1. The van der Waals surface area contributed by atoms with Gasteiger partial charge in [-0.15, -0.1) is 0 Å². The first kappa shape index (κ1) is 14.9. The minimum Gasteiger partial charge on any atom is -0.481 e. The van der Waals surface area contributed by atoms with Crippen LogP contribution in [0.25, 0.3) is 0 Å². The Hall–Kier alpha value is -2.11. The lowest BCUT2D eigenvalue weighted by molar-refractivity contribution is -0.137. The number of carboxylic acid groups (broad SMARTS) is 1. The molecule has 0 bridgehead atoms. The Kier molecular flexibility index (Phi) is 6.35. The number of unbranched alkanes of at least 4 members (excludes halogenated alkanes) is 3. The van der Waals surface area contributed by atoms with Crippen LogP contribution in [0.4, 0.5) is 0 Å². The van der Waals surface area contributed by atoms with E-state index in [1.54, 1.807) is 0 Å². The zero-order valence-electron chi connectivity index (χ0n) is 10.6. The van der Waals surface area contributed by atoms with Crippen molar-refractivity contribution in [1.29, 1.82) is 0 Å². The van der Waals surface area contributed by atoms with Crippen molar-refractivity contribution in [2.24, 2.45) is 0 Å². The highest BCUT2D eigenvalue weighted by Crippen LogP contribution is 2.02. The number of amides is 1. The lowest BCUT2D eigenvalue weighted by Crippen LogP contribution is -2.24. The van der Waals surface area contributed by atoms with Crippen molar-refractivity contribution in [2.45, 2.75) is 32.1 Å². The normalized spacial score (nSPS) is 10.1. The zero-order chi connectivity index (χ0) is 14.1. The molecule has 0 aliphatic carbocycles. The van der Waals surface area contributed by atoms with E-state index in [0.717, 1.165) is 25.5 Å². The molecule has 0 aliphatic rings. The monoisotopic (exact) mass is 267 g/mol. The fraction of sp³-hybridized carbons (Fsp3) is 0.462. The molecule has 2 N–H and O–H groups in total. The molecule has 0 saturated carbocycles. The Bertz CT molecular complexity index is 460. The van der Waals surface area contributed by atoms with Gasteiger partial charge in [-0.2, -0.15) is 0 Å². The lowest BCUT2D eigenvalue weighted by Gasteiger charge is -2.04. The standard InChI is InChI=1S/C13H17NO5/c15-11(16)5-3-1-2-4-8-14-13(18)10-6-7-12(17)19-9-10/h6-7,9H,1-5,8H2,(H,14,18)(H,15,16). The number of hydrogen-bond acceptors (Lipinski definition) is 4. The third-order valence-electron chi connectivity index (χ3n) is 2.57. The first-order valence-electron chi connectivity index (χ1n) is 6.18. The molecule has 0 saturated heterocycles. The average Bonchev–Trinajstić information content (AvgIpc) is 2.38. The lowest BCUT2D eigenvalue weighted by atomic mass is 10.1. The van der Waals surface area contributed by atoms with E-state index in [-0.39, 0.29) is 12.3 Å². The Labute approximate surface area is 110 Å². The summed E-state index contributed by atoms with van der Waals surface area (Å²) >= 11 is 0. The van der Waals surface area contributed by atoms with Crippen LogP contribution in [0.15, 0.2) is 27.6 Å². The molecule has 104 valence electrons. The van der Waals surface area contributed by atoms with Crippen molar-refractivity contribution in [3.05, 3.63) is 34.4 Å². The van der Waals surface area contributed by atoms with E-state index in [2.05, 4.69) is 9.73 Å². The van der Waals surface area contributed by atoms with Crippen molar-refractivity contribution in [3.63, 3.8) is 0 Å². The highest BCUT2D eigenvalue weighted by atomic mass is 16.4. The minimum atomic E-state index is -0.779. The van der Waals surface area contributed by atoms with Gasteiger partial charge in [0.25, 0.3) is 5.91 Å². The highest BCUT2D eigenvalue weighted by molar-refractivity contribution is 5.93. The molecule has 1 amide bonds. The van der Waals surface area contributed by atoms with Gasteiger partial charge in [0, 0.05) is 19.0 Å². The number of nitrogens with one attached hydrogen (secondary N) is 1. The summed E-state index contributed by atoms with van der Waals surface area (Å²) in [5, 5.41) is 11.1. The van der Waals surface area contributed by atoms with Crippen LogP contribution in [-0.4, -0.2) is 23.5 Å². The third-order valence-corrected chi connectivity index (χ3v) is 2.57. The summed E-state index contributed by atoms with van der Waals surface area (Å²) in [6.45, 7) is 0.519. The molecule has 0 unspecified atom stereocenters. The van der Waals surface area contributed by atoms with Gasteiger partial charge in [-0.25, -0.2) is 4.79 Å². The first-order valence-corrected chi connectivity index (χ1v) is 6.18. The largest absolute Gasteiger partial charge is 0.481 e. The Morgan fingerprint density at radius 2 is 1.89 bits per heavy atom. The van der Waals surface area contributed by atoms with Gasteiger partial charge in [-0.1, -0.05) is 12.8 Å². The third kappa shape index (κ3) is 6.40. The van der Waals surface area contributed by atoms with E-state index in [1.165, 1.54) is 12.1 Å². The number of carboxylic acids is 1. The minimum absolute atomic E-state index is 0.190. The predicted octanol–water partition coefficient (Wildman–Crippen LogP) is 1.40. The van der Waals surface area contributed by atoms with Crippen LogP contribution < -0.4 is 10.9 Å². The second-order valence-corrected chi connectivity index (χ2v) is 4.16. The fourth-order valence-electron chi connectivity index (χ4n) is 1.55. The van der Waals surface area contributed by atoms with E-state index >= 15 is 0 Å². The Morgan fingerprint density at radius 1 is 1.16 bits per heavy atom. The molecular weight excluding hydrogens is 250 g/mol. The van der Waals surface area contributed by atoms with Gasteiger partial charge in [0.05, 0.1) is 5.56 Å². The van der Waals surface area contributed by atoms with E-state index in [1.807, 2.05) is 0 Å². The molecular formula is C13H17NO5. The number of hydrogen-bond donors (Lipinski definition) is 2. The topological polar surface area (TPSA) is 96.6 Å². The molecule has 19 heavy (non-hydrogen) atoms.